The third kappa shape index (κ3) is 7.56. The van der Waals surface area contributed by atoms with Crippen molar-refractivity contribution in [2.45, 2.75) is 71.0 Å². The predicted octanol–water partition coefficient (Wildman–Crippen LogP) is 4.64. The largest absolute Gasteiger partial charge is 0.352 e. The number of nitrogens with zero attached hydrogens (tertiary/aromatic N) is 2. The minimum atomic E-state index is -3.75. The quantitative estimate of drug-likeness (QED) is 0.445. The van der Waals surface area contributed by atoms with E-state index in [-0.39, 0.29) is 25.0 Å². The molecule has 1 fully saturated rings. The number of aryl methyl sites for hydroxylation is 1. The number of carbonyl (C=O) groups excluding carboxylic acids is 2. The van der Waals surface area contributed by atoms with Crippen LogP contribution in [0.25, 0.3) is 0 Å². The lowest BCUT2D eigenvalue weighted by molar-refractivity contribution is -0.139. The summed E-state index contributed by atoms with van der Waals surface area (Å²) in [5.41, 5.74) is 2.17. The Bertz CT molecular complexity index is 1150. The van der Waals surface area contributed by atoms with Crippen molar-refractivity contribution in [3.05, 3.63) is 64.1 Å². The van der Waals surface area contributed by atoms with Crippen LogP contribution in [0.2, 0.25) is 0 Å². The number of nitrogens with one attached hydrogen (secondary N) is 1. The van der Waals surface area contributed by atoms with Gasteiger partial charge in [-0.15, -0.1) is 0 Å². The third-order valence-corrected chi connectivity index (χ3v) is 8.36. The summed E-state index contributed by atoms with van der Waals surface area (Å²) in [4.78, 5) is 28.4. The van der Waals surface area contributed by atoms with Gasteiger partial charge in [-0.1, -0.05) is 72.4 Å². The highest BCUT2D eigenvalue weighted by atomic mass is 79.9. The molecule has 1 aliphatic carbocycles. The van der Waals surface area contributed by atoms with Crippen LogP contribution >= 0.6 is 15.9 Å². The molecule has 0 heterocycles. The lowest BCUT2D eigenvalue weighted by Gasteiger charge is -2.33. The standard InChI is InChI=1S/C27H36BrN3O4S/c1-4-22-10-8-9-13-25(22)31(36(3,34)35)19-26(32)30(18-21-14-16-23(28)17-15-21)20(2)27(33)29-24-11-6-5-7-12-24/h8-10,13-17,20,24H,4-7,11-12,18-19H2,1-3H3,(H,29,33). The van der Waals surface area contributed by atoms with Crippen LogP contribution in [0.1, 0.15) is 57.1 Å². The summed E-state index contributed by atoms with van der Waals surface area (Å²) < 4.78 is 27.6. The SMILES string of the molecule is CCc1ccccc1N(CC(=O)N(Cc1ccc(Br)cc1)C(C)C(=O)NC1CCCCC1)S(C)(=O)=O. The zero-order chi connectivity index (χ0) is 26.3. The third-order valence-electron chi connectivity index (χ3n) is 6.71. The molecule has 0 aliphatic heterocycles. The summed E-state index contributed by atoms with van der Waals surface area (Å²) in [7, 11) is -3.75. The van der Waals surface area contributed by atoms with Crippen LogP contribution in [0.3, 0.4) is 0 Å². The summed E-state index contributed by atoms with van der Waals surface area (Å²) in [6, 6.07) is 14.1. The Morgan fingerprint density at radius 1 is 1.06 bits per heavy atom. The van der Waals surface area contributed by atoms with Gasteiger partial charge in [0.1, 0.15) is 12.6 Å². The molecule has 1 atom stereocenters. The molecular weight excluding hydrogens is 542 g/mol. The van der Waals surface area contributed by atoms with Crippen LogP contribution in [-0.4, -0.2) is 50.0 Å². The first-order valence-corrected chi connectivity index (χ1v) is 15.1. The van der Waals surface area contributed by atoms with Crippen molar-refractivity contribution < 1.29 is 18.0 Å². The van der Waals surface area contributed by atoms with Gasteiger partial charge in [0.2, 0.25) is 21.8 Å². The van der Waals surface area contributed by atoms with Gasteiger partial charge in [0.15, 0.2) is 0 Å². The van der Waals surface area contributed by atoms with Crippen molar-refractivity contribution in [3.8, 4) is 0 Å². The van der Waals surface area contributed by atoms with E-state index >= 15 is 0 Å². The number of rotatable bonds is 10. The Hall–Kier alpha value is -2.39. The summed E-state index contributed by atoms with van der Waals surface area (Å²) in [5.74, 6) is -0.646. The summed E-state index contributed by atoms with van der Waals surface area (Å²) in [6.45, 7) is 3.46. The second-order valence-corrected chi connectivity index (χ2v) is 12.2. The van der Waals surface area contributed by atoms with Gasteiger partial charge in [0.25, 0.3) is 0 Å². The number of sulfonamides is 1. The van der Waals surface area contributed by atoms with E-state index in [9.17, 15) is 18.0 Å². The van der Waals surface area contributed by atoms with Crippen LogP contribution in [0.4, 0.5) is 5.69 Å². The zero-order valence-corrected chi connectivity index (χ0v) is 23.6. The number of hydrogen-bond acceptors (Lipinski definition) is 4. The topological polar surface area (TPSA) is 86.8 Å². The van der Waals surface area contributed by atoms with Crippen molar-refractivity contribution in [2.75, 3.05) is 17.1 Å². The Kier molecular flexibility index (Phi) is 9.96. The monoisotopic (exact) mass is 577 g/mol. The number of carbonyl (C=O) groups is 2. The van der Waals surface area contributed by atoms with Crippen molar-refractivity contribution in [3.63, 3.8) is 0 Å². The zero-order valence-electron chi connectivity index (χ0n) is 21.2. The highest BCUT2D eigenvalue weighted by Crippen LogP contribution is 2.24. The van der Waals surface area contributed by atoms with Crippen LogP contribution in [0, 0.1) is 0 Å². The normalized spacial score (nSPS) is 15.2. The molecule has 9 heteroatoms. The van der Waals surface area contributed by atoms with E-state index in [0.29, 0.717) is 12.1 Å². The molecule has 0 saturated heterocycles. The molecule has 1 unspecified atom stereocenters. The van der Waals surface area contributed by atoms with Gasteiger partial charge in [-0.3, -0.25) is 13.9 Å². The molecule has 196 valence electrons. The van der Waals surface area contributed by atoms with Crippen molar-refractivity contribution >= 4 is 43.5 Å². The average molecular weight is 579 g/mol. The molecule has 36 heavy (non-hydrogen) atoms. The van der Waals surface area contributed by atoms with Crippen LogP contribution in [-0.2, 0) is 32.6 Å². The van der Waals surface area contributed by atoms with Gasteiger partial charge in [0, 0.05) is 17.1 Å². The molecular formula is C27H36BrN3O4S. The predicted molar refractivity (Wildman–Crippen MR) is 147 cm³/mol. The van der Waals surface area contributed by atoms with E-state index in [1.165, 1.54) is 11.3 Å². The maximum atomic E-state index is 13.7. The Morgan fingerprint density at radius 2 is 1.69 bits per heavy atom. The van der Waals surface area contributed by atoms with Crippen molar-refractivity contribution in [2.24, 2.45) is 0 Å². The second-order valence-electron chi connectivity index (χ2n) is 9.42. The highest BCUT2D eigenvalue weighted by Gasteiger charge is 2.31. The molecule has 0 radical (unpaired) electrons. The fourth-order valence-corrected chi connectivity index (χ4v) is 5.73. The first kappa shape index (κ1) is 28.2. The molecule has 2 aromatic rings. The fourth-order valence-electron chi connectivity index (χ4n) is 4.59. The molecule has 0 spiro atoms. The summed E-state index contributed by atoms with van der Waals surface area (Å²) in [6.07, 6.45) is 6.95. The molecule has 2 aromatic carbocycles. The van der Waals surface area contributed by atoms with E-state index in [1.807, 2.05) is 43.3 Å². The molecule has 0 bridgehead atoms. The minimum absolute atomic E-state index is 0.113. The van der Waals surface area contributed by atoms with Crippen LogP contribution in [0.15, 0.2) is 53.0 Å². The van der Waals surface area contributed by atoms with Gasteiger partial charge in [0.05, 0.1) is 11.9 Å². The molecule has 2 amide bonds. The lowest BCUT2D eigenvalue weighted by Crippen LogP contribution is -2.53. The van der Waals surface area contributed by atoms with E-state index in [2.05, 4.69) is 21.2 Å². The van der Waals surface area contributed by atoms with Crippen LogP contribution < -0.4 is 9.62 Å². The highest BCUT2D eigenvalue weighted by molar-refractivity contribution is 9.10. The summed E-state index contributed by atoms with van der Waals surface area (Å²) >= 11 is 3.42. The lowest BCUT2D eigenvalue weighted by atomic mass is 9.95. The molecule has 1 aliphatic rings. The van der Waals surface area contributed by atoms with E-state index in [1.54, 1.807) is 19.1 Å². The second kappa shape index (κ2) is 12.7. The van der Waals surface area contributed by atoms with Gasteiger partial charge in [-0.05, 0) is 55.5 Å². The summed E-state index contributed by atoms with van der Waals surface area (Å²) in [5, 5.41) is 3.11. The molecule has 1 saturated carbocycles. The maximum absolute atomic E-state index is 13.7. The number of para-hydroxylation sites is 1. The Morgan fingerprint density at radius 3 is 2.31 bits per heavy atom. The van der Waals surface area contributed by atoms with E-state index in [0.717, 1.165) is 51.8 Å². The minimum Gasteiger partial charge on any atom is -0.352 e. The Balaban J connectivity index is 1.89. The molecule has 7 nitrogen and oxygen atoms in total. The van der Waals surface area contributed by atoms with Crippen LogP contribution in [0.5, 0.6) is 0 Å². The van der Waals surface area contributed by atoms with Gasteiger partial charge < -0.3 is 10.2 Å². The van der Waals surface area contributed by atoms with Gasteiger partial charge in [-0.25, -0.2) is 8.42 Å². The molecule has 1 N–H and O–H groups in total. The maximum Gasteiger partial charge on any atom is 0.244 e. The van der Waals surface area contributed by atoms with E-state index < -0.39 is 22.0 Å². The van der Waals surface area contributed by atoms with Crippen molar-refractivity contribution in [1.29, 1.82) is 0 Å². The first-order chi connectivity index (χ1) is 17.1. The number of hydrogen-bond donors (Lipinski definition) is 1. The number of anilines is 1. The van der Waals surface area contributed by atoms with Gasteiger partial charge >= 0.3 is 0 Å². The number of benzene rings is 2. The molecule has 3 rings (SSSR count). The van der Waals surface area contributed by atoms with E-state index in [4.69, 9.17) is 0 Å². The fraction of sp³-hybridized carbons (Fsp3) is 0.481. The number of halogens is 1. The van der Waals surface area contributed by atoms with Gasteiger partial charge in [-0.2, -0.15) is 0 Å². The number of amides is 2. The Labute approximate surface area is 223 Å². The smallest absolute Gasteiger partial charge is 0.244 e. The molecule has 0 aromatic heterocycles. The average Bonchev–Trinajstić information content (AvgIpc) is 2.86. The first-order valence-electron chi connectivity index (χ1n) is 12.5. The van der Waals surface area contributed by atoms with Crippen molar-refractivity contribution in [1.82, 2.24) is 10.2 Å².